The Morgan fingerprint density at radius 3 is 2.50 bits per heavy atom. The molecule has 0 saturated carbocycles. The molecule has 36 heavy (non-hydrogen) atoms. The van der Waals surface area contributed by atoms with Gasteiger partial charge in [0.2, 0.25) is 5.91 Å². The minimum Gasteiger partial charge on any atom is -0.383 e. The van der Waals surface area contributed by atoms with E-state index in [0.717, 1.165) is 11.6 Å². The van der Waals surface area contributed by atoms with Crippen molar-refractivity contribution in [1.29, 1.82) is 0 Å². The highest BCUT2D eigenvalue weighted by Crippen LogP contribution is 2.35. The topological polar surface area (TPSA) is 83.6 Å². The molecule has 1 atom stereocenters. The second-order valence-corrected chi connectivity index (χ2v) is 9.49. The van der Waals surface area contributed by atoms with E-state index in [-0.39, 0.29) is 11.5 Å². The number of pyridine rings is 1. The van der Waals surface area contributed by atoms with Crippen molar-refractivity contribution in [1.82, 2.24) is 19.4 Å². The average molecular weight is 502 g/mol. The molecule has 3 heterocycles. The van der Waals surface area contributed by atoms with Gasteiger partial charge in [0.05, 0.1) is 29.0 Å². The second kappa shape index (κ2) is 9.31. The summed E-state index contributed by atoms with van der Waals surface area (Å²) >= 11 is 0. The van der Waals surface area contributed by atoms with Crippen LogP contribution in [0.3, 0.4) is 0 Å². The molecule has 0 unspecified atom stereocenters. The van der Waals surface area contributed by atoms with Crippen molar-refractivity contribution in [3.8, 4) is 0 Å². The summed E-state index contributed by atoms with van der Waals surface area (Å²) in [6, 6.07) is 5.28. The minimum absolute atomic E-state index is 0.0322. The average Bonchev–Trinajstić information content (AvgIpc) is 2.81. The molecule has 0 spiro atoms. The van der Waals surface area contributed by atoms with E-state index in [1.54, 1.807) is 30.2 Å². The summed E-state index contributed by atoms with van der Waals surface area (Å²) < 4.78 is 42.2. The predicted molar refractivity (Wildman–Crippen MR) is 129 cm³/mol. The molecule has 192 valence electrons. The Morgan fingerprint density at radius 1 is 1.22 bits per heavy atom. The van der Waals surface area contributed by atoms with Gasteiger partial charge in [0.1, 0.15) is 11.4 Å². The number of nitrogens with zero attached hydrogens (tertiary/aromatic N) is 5. The summed E-state index contributed by atoms with van der Waals surface area (Å²) in [5.74, 6) is 0.632. The number of piperidine rings is 1. The number of aromatic nitrogens is 3. The lowest BCUT2D eigenvalue weighted by atomic mass is 9.87. The van der Waals surface area contributed by atoms with Crippen LogP contribution in [0.4, 0.5) is 13.2 Å². The van der Waals surface area contributed by atoms with E-state index in [2.05, 4.69) is 9.97 Å². The van der Waals surface area contributed by atoms with Crippen LogP contribution in [0.1, 0.15) is 60.9 Å². The summed E-state index contributed by atoms with van der Waals surface area (Å²) in [6.07, 6.45) is -2.09. The highest BCUT2D eigenvalue weighted by Gasteiger charge is 2.36. The SMILES string of the molecule is CC(=O)N1CCC(O)(c2cc3/c(=N/[C@H](C)c4cccc(C(F)(F)F)c4C)nc(C)n(C)c3cn2)CC1. The van der Waals surface area contributed by atoms with E-state index in [1.165, 1.54) is 19.9 Å². The van der Waals surface area contributed by atoms with E-state index >= 15 is 0 Å². The van der Waals surface area contributed by atoms with Crippen LogP contribution in [0.2, 0.25) is 0 Å². The fourth-order valence-electron chi connectivity index (χ4n) is 4.82. The Hall–Kier alpha value is -3.27. The maximum absolute atomic E-state index is 13.5. The number of likely N-dealkylation sites (tertiary alicyclic amines) is 1. The number of halogens is 3. The van der Waals surface area contributed by atoms with Crippen molar-refractivity contribution >= 4 is 16.8 Å². The Balaban J connectivity index is 1.82. The van der Waals surface area contributed by atoms with Gasteiger partial charge in [-0.05, 0) is 56.9 Å². The quantitative estimate of drug-likeness (QED) is 0.586. The van der Waals surface area contributed by atoms with Crippen molar-refractivity contribution in [2.75, 3.05) is 13.1 Å². The highest BCUT2D eigenvalue weighted by molar-refractivity contribution is 5.78. The van der Waals surface area contributed by atoms with Crippen LogP contribution in [-0.2, 0) is 23.6 Å². The maximum Gasteiger partial charge on any atom is 0.416 e. The number of benzene rings is 1. The lowest BCUT2D eigenvalue weighted by molar-refractivity contribution is -0.138. The lowest BCUT2D eigenvalue weighted by Gasteiger charge is -2.37. The zero-order valence-electron chi connectivity index (χ0n) is 21.0. The molecule has 1 N–H and O–H groups in total. The molecule has 0 aliphatic carbocycles. The van der Waals surface area contributed by atoms with E-state index in [4.69, 9.17) is 4.99 Å². The van der Waals surface area contributed by atoms with Crippen LogP contribution < -0.4 is 5.49 Å². The molecule has 1 amide bonds. The molecule has 4 rings (SSSR count). The minimum atomic E-state index is -4.45. The first kappa shape index (κ1) is 25.8. The van der Waals surface area contributed by atoms with Gasteiger partial charge in [0, 0.05) is 32.4 Å². The van der Waals surface area contributed by atoms with Gasteiger partial charge in [-0.2, -0.15) is 13.2 Å². The Bertz CT molecular complexity index is 1390. The zero-order valence-corrected chi connectivity index (χ0v) is 21.0. The number of hydrogen-bond donors (Lipinski definition) is 1. The standard InChI is InChI=1S/C26H30F3N5O2/c1-15-19(7-6-8-21(15)26(27,28)29)16(2)31-24-20-13-23(30-14-22(20)33(5)17(3)32-24)25(36)9-11-34(12-10-25)18(4)35/h6-8,13-14,16,36H,9-12H2,1-5H3/b31-24-/t16-/m1/s1. The molecule has 3 aromatic rings. The number of fused-ring (bicyclic) bond motifs is 1. The lowest BCUT2D eigenvalue weighted by Crippen LogP contribution is -2.44. The van der Waals surface area contributed by atoms with Crippen molar-refractivity contribution in [3.63, 3.8) is 0 Å². The normalized spacial score (nSPS) is 17.5. The third-order valence-corrected chi connectivity index (χ3v) is 7.20. The third-order valence-electron chi connectivity index (χ3n) is 7.20. The zero-order chi connectivity index (χ0) is 26.4. The van der Waals surface area contributed by atoms with Crippen LogP contribution in [-0.4, -0.2) is 43.5 Å². The Kier molecular flexibility index (Phi) is 6.68. The van der Waals surface area contributed by atoms with Gasteiger partial charge in [0.25, 0.3) is 0 Å². The van der Waals surface area contributed by atoms with Gasteiger partial charge in [-0.3, -0.25) is 14.8 Å². The predicted octanol–water partition coefficient (Wildman–Crippen LogP) is 4.10. The molecule has 1 aliphatic heterocycles. The van der Waals surface area contributed by atoms with Gasteiger partial charge in [-0.1, -0.05) is 12.1 Å². The smallest absolute Gasteiger partial charge is 0.383 e. The van der Waals surface area contributed by atoms with Crippen LogP contribution >= 0.6 is 0 Å². The number of carbonyl (C=O) groups excluding carboxylic acids is 1. The molecular formula is C26H30F3N5O2. The van der Waals surface area contributed by atoms with Gasteiger partial charge in [0.15, 0.2) is 5.49 Å². The monoisotopic (exact) mass is 501 g/mol. The number of rotatable bonds is 3. The number of amides is 1. The van der Waals surface area contributed by atoms with E-state index in [1.807, 2.05) is 18.5 Å². The molecule has 10 heteroatoms. The maximum atomic E-state index is 13.5. The Morgan fingerprint density at radius 2 is 1.89 bits per heavy atom. The summed E-state index contributed by atoms with van der Waals surface area (Å²) in [6.45, 7) is 7.37. The number of hydrogen-bond acceptors (Lipinski definition) is 5. The second-order valence-electron chi connectivity index (χ2n) is 9.49. The van der Waals surface area contributed by atoms with Gasteiger partial charge < -0.3 is 14.6 Å². The molecule has 7 nitrogen and oxygen atoms in total. The van der Waals surface area contributed by atoms with Crippen LogP contribution in [0.25, 0.3) is 10.9 Å². The highest BCUT2D eigenvalue weighted by atomic mass is 19.4. The Labute approximate surface area is 207 Å². The summed E-state index contributed by atoms with van der Waals surface area (Å²) in [5.41, 5.74) is 0.294. The molecule has 1 fully saturated rings. The molecule has 0 radical (unpaired) electrons. The molecular weight excluding hydrogens is 471 g/mol. The van der Waals surface area contributed by atoms with E-state index in [0.29, 0.717) is 53.9 Å². The number of aliphatic hydroxyl groups is 1. The van der Waals surface area contributed by atoms with E-state index < -0.39 is 23.4 Å². The third kappa shape index (κ3) is 4.74. The van der Waals surface area contributed by atoms with E-state index in [9.17, 15) is 23.1 Å². The first-order chi connectivity index (χ1) is 16.8. The van der Waals surface area contributed by atoms with Crippen molar-refractivity contribution in [2.24, 2.45) is 12.0 Å². The fourth-order valence-corrected chi connectivity index (χ4v) is 4.82. The molecule has 1 aromatic carbocycles. The van der Waals surface area contributed by atoms with Crippen LogP contribution in [0.15, 0.2) is 35.5 Å². The molecule has 1 saturated heterocycles. The van der Waals surface area contributed by atoms with Gasteiger partial charge in [-0.25, -0.2) is 4.98 Å². The molecule has 1 aliphatic rings. The first-order valence-electron chi connectivity index (χ1n) is 11.8. The van der Waals surface area contributed by atoms with Crippen molar-refractivity contribution in [2.45, 2.75) is 58.4 Å². The molecule has 2 aromatic heterocycles. The fraction of sp³-hybridized carbons (Fsp3) is 0.462. The number of aryl methyl sites for hydroxylation is 2. The van der Waals surface area contributed by atoms with Gasteiger partial charge >= 0.3 is 6.18 Å². The van der Waals surface area contributed by atoms with Crippen molar-refractivity contribution < 1.29 is 23.1 Å². The summed E-state index contributed by atoms with van der Waals surface area (Å²) in [7, 11) is 1.84. The van der Waals surface area contributed by atoms with Gasteiger partial charge in [-0.15, -0.1) is 0 Å². The number of carbonyl (C=O) groups is 1. The van der Waals surface area contributed by atoms with Crippen LogP contribution in [0.5, 0.6) is 0 Å². The summed E-state index contributed by atoms with van der Waals surface area (Å²) in [5, 5.41) is 12.0. The van der Waals surface area contributed by atoms with Crippen LogP contribution in [0, 0.1) is 13.8 Å². The molecule has 0 bridgehead atoms. The number of alkyl halides is 3. The largest absolute Gasteiger partial charge is 0.416 e. The van der Waals surface area contributed by atoms with Crippen molar-refractivity contribution in [3.05, 3.63) is 64.2 Å². The summed E-state index contributed by atoms with van der Waals surface area (Å²) in [4.78, 5) is 27.3. The first-order valence-corrected chi connectivity index (χ1v) is 11.8.